The fourth-order valence-corrected chi connectivity index (χ4v) is 3.19. The number of hydrogen-bond donors (Lipinski definition) is 1. The van der Waals surface area contributed by atoms with Gasteiger partial charge in [-0.05, 0) is 49.1 Å². The minimum atomic E-state index is -4.42. The molecule has 1 aliphatic rings. The zero-order valence-electron chi connectivity index (χ0n) is 11.9. The van der Waals surface area contributed by atoms with E-state index in [-0.39, 0.29) is 5.56 Å². The molecule has 0 spiro atoms. The minimum absolute atomic E-state index is 0.0368. The minimum Gasteiger partial charge on any atom is -0.385 e. The van der Waals surface area contributed by atoms with E-state index in [0.29, 0.717) is 24.7 Å². The van der Waals surface area contributed by atoms with Crippen LogP contribution in [0.25, 0.3) is 0 Å². The largest absolute Gasteiger partial charge is 0.416 e. The van der Waals surface area contributed by atoms with Crippen LogP contribution < -0.4 is 0 Å². The maximum Gasteiger partial charge on any atom is 0.416 e. The average Bonchev–Trinajstić information content (AvgIpc) is 2.38. The summed E-state index contributed by atoms with van der Waals surface area (Å²) in [7, 11) is 0. The van der Waals surface area contributed by atoms with Crippen LogP contribution in [0.5, 0.6) is 0 Å². The van der Waals surface area contributed by atoms with Crippen molar-refractivity contribution in [1.82, 2.24) is 0 Å². The van der Waals surface area contributed by atoms with Gasteiger partial charge in [-0.1, -0.05) is 32.0 Å². The molecule has 0 amide bonds. The average molecular weight is 286 g/mol. The van der Waals surface area contributed by atoms with Gasteiger partial charge in [0, 0.05) is 0 Å². The Bertz CT molecular complexity index is 457. The Morgan fingerprint density at radius 1 is 1.15 bits per heavy atom. The quantitative estimate of drug-likeness (QED) is 0.832. The molecule has 112 valence electrons. The van der Waals surface area contributed by atoms with Gasteiger partial charge in [0.1, 0.15) is 0 Å². The normalized spacial score (nSPS) is 27.9. The van der Waals surface area contributed by atoms with Gasteiger partial charge in [-0.15, -0.1) is 0 Å². The van der Waals surface area contributed by atoms with Crippen molar-refractivity contribution in [3.8, 4) is 0 Å². The first-order chi connectivity index (χ1) is 9.24. The Labute approximate surface area is 117 Å². The van der Waals surface area contributed by atoms with Crippen molar-refractivity contribution in [3.05, 3.63) is 35.4 Å². The first kappa shape index (κ1) is 15.4. The molecule has 1 fully saturated rings. The van der Waals surface area contributed by atoms with Gasteiger partial charge in [0.2, 0.25) is 0 Å². The van der Waals surface area contributed by atoms with Crippen molar-refractivity contribution >= 4 is 0 Å². The maximum atomic E-state index is 13.1. The topological polar surface area (TPSA) is 20.2 Å². The van der Waals surface area contributed by atoms with Crippen molar-refractivity contribution in [2.75, 3.05) is 0 Å². The third-order valence-corrected chi connectivity index (χ3v) is 4.53. The summed E-state index contributed by atoms with van der Waals surface area (Å²) >= 11 is 0. The van der Waals surface area contributed by atoms with Crippen LogP contribution in [0.4, 0.5) is 13.2 Å². The number of halogens is 3. The van der Waals surface area contributed by atoms with Crippen LogP contribution in [0.1, 0.15) is 50.7 Å². The monoisotopic (exact) mass is 286 g/mol. The van der Waals surface area contributed by atoms with E-state index in [4.69, 9.17) is 0 Å². The summed E-state index contributed by atoms with van der Waals surface area (Å²) in [4.78, 5) is 0. The van der Waals surface area contributed by atoms with Crippen molar-refractivity contribution < 1.29 is 18.3 Å². The third kappa shape index (κ3) is 3.00. The molecule has 20 heavy (non-hydrogen) atoms. The van der Waals surface area contributed by atoms with Crippen LogP contribution in [0, 0.1) is 11.8 Å². The van der Waals surface area contributed by atoms with Gasteiger partial charge in [-0.25, -0.2) is 0 Å². The summed E-state index contributed by atoms with van der Waals surface area (Å²) in [6.45, 7) is 4.25. The molecule has 0 atom stereocenters. The van der Waals surface area contributed by atoms with E-state index < -0.39 is 17.3 Å². The van der Waals surface area contributed by atoms with Crippen LogP contribution >= 0.6 is 0 Å². The molecule has 0 saturated heterocycles. The lowest BCUT2D eigenvalue weighted by Crippen LogP contribution is -2.34. The highest BCUT2D eigenvalue weighted by Gasteiger charge is 2.42. The molecule has 4 heteroatoms. The van der Waals surface area contributed by atoms with Crippen LogP contribution in [-0.4, -0.2) is 5.11 Å². The SMILES string of the molecule is CC(C)C1CCC(O)(c2ccccc2C(F)(F)F)CC1. The number of rotatable bonds is 2. The maximum absolute atomic E-state index is 13.1. The van der Waals surface area contributed by atoms with Gasteiger partial charge < -0.3 is 5.11 Å². The lowest BCUT2D eigenvalue weighted by Gasteiger charge is -2.39. The first-order valence-electron chi connectivity index (χ1n) is 7.13. The molecule has 0 aliphatic heterocycles. The lowest BCUT2D eigenvalue weighted by molar-refractivity contribution is -0.141. The molecule has 1 N–H and O–H groups in total. The Kier molecular flexibility index (Phi) is 4.14. The summed E-state index contributed by atoms with van der Waals surface area (Å²) in [6.07, 6.45) is -2.05. The molecule has 1 saturated carbocycles. The lowest BCUT2D eigenvalue weighted by atomic mass is 9.71. The summed E-state index contributed by atoms with van der Waals surface area (Å²) < 4.78 is 39.2. The standard InChI is InChI=1S/C16H21F3O/c1-11(2)12-7-9-15(20,10-8-12)13-5-3-4-6-14(13)16(17,18)19/h3-6,11-12,20H,7-10H2,1-2H3. The van der Waals surface area contributed by atoms with Gasteiger partial charge >= 0.3 is 6.18 Å². The van der Waals surface area contributed by atoms with E-state index in [1.807, 2.05) is 0 Å². The molecule has 0 heterocycles. The molecule has 1 aromatic rings. The zero-order chi connectivity index (χ0) is 15.0. The molecule has 0 aromatic heterocycles. The van der Waals surface area contributed by atoms with E-state index in [9.17, 15) is 18.3 Å². The fourth-order valence-electron chi connectivity index (χ4n) is 3.19. The highest BCUT2D eigenvalue weighted by molar-refractivity contribution is 5.35. The second-order valence-electron chi connectivity index (χ2n) is 6.16. The Morgan fingerprint density at radius 2 is 1.70 bits per heavy atom. The summed E-state index contributed by atoms with van der Waals surface area (Å²) in [5, 5.41) is 10.7. The van der Waals surface area contributed by atoms with E-state index in [0.717, 1.165) is 18.9 Å². The molecule has 0 radical (unpaired) electrons. The molecular weight excluding hydrogens is 265 g/mol. The number of alkyl halides is 3. The summed E-state index contributed by atoms with van der Waals surface area (Å²) in [5.41, 5.74) is -2.00. The van der Waals surface area contributed by atoms with E-state index >= 15 is 0 Å². The number of benzene rings is 1. The van der Waals surface area contributed by atoms with Gasteiger partial charge in [-0.2, -0.15) is 13.2 Å². The van der Waals surface area contributed by atoms with Crippen molar-refractivity contribution in [2.24, 2.45) is 11.8 Å². The van der Waals surface area contributed by atoms with Crippen LogP contribution in [0.3, 0.4) is 0 Å². The van der Waals surface area contributed by atoms with Gasteiger partial charge in [0.15, 0.2) is 0 Å². The molecule has 1 nitrogen and oxygen atoms in total. The second kappa shape index (κ2) is 5.40. The Hall–Kier alpha value is -1.03. The predicted molar refractivity (Wildman–Crippen MR) is 72.1 cm³/mol. The molecular formula is C16H21F3O. The van der Waals surface area contributed by atoms with Crippen molar-refractivity contribution in [1.29, 1.82) is 0 Å². The van der Waals surface area contributed by atoms with E-state index in [1.54, 1.807) is 6.07 Å². The van der Waals surface area contributed by atoms with Crippen molar-refractivity contribution in [2.45, 2.75) is 51.3 Å². The highest BCUT2D eigenvalue weighted by atomic mass is 19.4. The second-order valence-corrected chi connectivity index (χ2v) is 6.16. The fraction of sp³-hybridized carbons (Fsp3) is 0.625. The predicted octanol–water partition coefficient (Wildman–Crippen LogP) is 4.74. The van der Waals surface area contributed by atoms with Gasteiger partial charge in [0.05, 0.1) is 11.2 Å². The van der Waals surface area contributed by atoms with Crippen LogP contribution in [0.2, 0.25) is 0 Å². The molecule has 2 rings (SSSR count). The first-order valence-corrected chi connectivity index (χ1v) is 7.13. The van der Waals surface area contributed by atoms with E-state index in [2.05, 4.69) is 13.8 Å². The van der Waals surface area contributed by atoms with Crippen molar-refractivity contribution in [3.63, 3.8) is 0 Å². The summed E-state index contributed by atoms with van der Waals surface area (Å²) in [5.74, 6) is 1.01. The van der Waals surface area contributed by atoms with Crippen LogP contribution in [0.15, 0.2) is 24.3 Å². The van der Waals surface area contributed by atoms with Crippen LogP contribution in [-0.2, 0) is 11.8 Å². The molecule has 0 bridgehead atoms. The zero-order valence-corrected chi connectivity index (χ0v) is 11.9. The molecule has 1 aliphatic carbocycles. The van der Waals surface area contributed by atoms with Gasteiger partial charge in [-0.3, -0.25) is 0 Å². The Morgan fingerprint density at radius 3 is 2.20 bits per heavy atom. The molecule has 1 aromatic carbocycles. The Balaban J connectivity index is 2.28. The van der Waals surface area contributed by atoms with Gasteiger partial charge in [0.25, 0.3) is 0 Å². The highest BCUT2D eigenvalue weighted by Crippen LogP contribution is 2.45. The summed E-state index contributed by atoms with van der Waals surface area (Å²) in [6, 6.07) is 5.41. The van der Waals surface area contributed by atoms with E-state index in [1.165, 1.54) is 12.1 Å². The smallest absolute Gasteiger partial charge is 0.385 e. The molecule has 0 unspecified atom stereocenters. The third-order valence-electron chi connectivity index (χ3n) is 4.53. The number of hydrogen-bond acceptors (Lipinski definition) is 1. The number of aliphatic hydroxyl groups is 1.